The fourth-order valence-electron chi connectivity index (χ4n) is 4.52. The number of carbonyl (C=O) groups excluding carboxylic acids is 1. The van der Waals surface area contributed by atoms with Crippen LogP contribution in [0, 0.1) is 34.6 Å². The summed E-state index contributed by atoms with van der Waals surface area (Å²) in [7, 11) is 0. The maximum absolute atomic E-state index is 12.4. The minimum absolute atomic E-state index is 0.301. The summed E-state index contributed by atoms with van der Waals surface area (Å²) < 4.78 is 22.8. The number of hydrogen-bond acceptors (Lipinski definition) is 9. The molecule has 0 atom stereocenters. The molecule has 2 aromatic carbocycles. The maximum atomic E-state index is 12.4. The zero-order chi connectivity index (χ0) is 29.0. The SMILES string of the molecule is CCOC(=O)C(C)(C)Oc1c(C)cc(CN(Cc2nc(C)no2)Cc2nc(-c3ccc(C)cc3)oc2C)cc1C. The molecule has 0 aliphatic rings. The third kappa shape index (κ3) is 6.96. The predicted octanol–water partition coefficient (Wildman–Crippen LogP) is 6.19. The fourth-order valence-corrected chi connectivity index (χ4v) is 4.52. The van der Waals surface area contributed by atoms with Crippen molar-refractivity contribution < 1.29 is 23.2 Å². The van der Waals surface area contributed by atoms with E-state index in [9.17, 15) is 4.79 Å². The van der Waals surface area contributed by atoms with Gasteiger partial charge in [0.15, 0.2) is 11.4 Å². The van der Waals surface area contributed by atoms with Gasteiger partial charge in [-0.3, -0.25) is 4.90 Å². The maximum Gasteiger partial charge on any atom is 0.349 e. The molecule has 0 N–H and O–H groups in total. The molecule has 212 valence electrons. The van der Waals surface area contributed by atoms with Gasteiger partial charge in [-0.15, -0.1) is 0 Å². The zero-order valence-corrected chi connectivity index (χ0v) is 24.6. The molecule has 4 aromatic rings. The first-order chi connectivity index (χ1) is 18.9. The summed E-state index contributed by atoms with van der Waals surface area (Å²) in [5.41, 5.74) is 4.80. The van der Waals surface area contributed by atoms with Crippen molar-refractivity contribution in [2.24, 2.45) is 0 Å². The quantitative estimate of drug-likeness (QED) is 0.204. The number of aryl methyl sites for hydroxylation is 5. The summed E-state index contributed by atoms with van der Waals surface area (Å²) >= 11 is 0. The monoisotopic (exact) mass is 546 g/mol. The number of ether oxygens (including phenoxy) is 2. The van der Waals surface area contributed by atoms with Gasteiger partial charge in [0, 0.05) is 18.7 Å². The fraction of sp³-hybridized carbons (Fsp3) is 0.419. The Morgan fingerprint density at radius 2 is 1.62 bits per heavy atom. The molecule has 0 amide bonds. The summed E-state index contributed by atoms with van der Waals surface area (Å²) in [5, 5.41) is 3.95. The molecule has 0 aliphatic heterocycles. The molecular weight excluding hydrogens is 508 g/mol. The standard InChI is InChI=1S/C31H38N4O5/c1-9-37-30(36)31(7,8)39-28-20(3)14-24(15-21(28)4)16-35(18-27-32-23(6)34-40-27)17-26-22(5)38-29(33-26)25-12-10-19(2)11-13-25/h10-15H,9,16-18H2,1-8H3. The van der Waals surface area contributed by atoms with Crippen LogP contribution in [0.2, 0.25) is 0 Å². The van der Waals surface area contributed by atoms with E-state index < -0.39 is 11.6 Å². The van der Waals surface area contributed by atoms with Gasteiger partial charge in [0.2, 0.25) is 11.8 Å². The van der Waals surface area contributed by atoms with Crippen molar-refractivity contribution in [3.63, 3.8) is 0 Å². The van der Waals surface area contributed by atoms with Gasteiger partial charge < -0.3 is 18.4 Å². The van der Waals surface area contributed by atoms with Gasteiger partial charge >= 0.3 is 5.97 Å². The number of aromatic nitrogens is 3. The van der Waals surface area contributed by atoms with Gasteiger partial charge in [-0.1, -0.05) is 35.0 Å². The molecule has 0 radical (unpaired) electrons. The third-order valence-corrected chi connectivity index (χ3v) is 6.54. The molecule has 0 saturated carbocycles. The number of hydrogen-bond donors (Lipinski definition) is 0. The van der Waals surface area contributed by atoms with E-state index in [4.69, 9.17) is 23.4 Å². The Kier molecular flexibility index (Phi) is 8.73. The van der Waals surface area contributed by atoms with Crippen molar-refractivity contribution in [3.05, 3.63) is 81.8 Å². The zero-order valence-electron chi connectivity index (χ0n) is 24.6. The first-order valence-electron chi connectivity index (χ1n) is 13.5. The van der Waals surface area contributed by atoms with Crippen molar-refractivity contribution in [2.75, 3.05) is 6.61 Å². The van der Waals surface area contributed by atoms with E-state index in [-0.39, 0.29) is 0 Å². The third-order valence-electron chi connectivity index (χ3n) is 6.54. The largest absolute Gasteiger partial charge is 0.476 e. The number of nitrogens with zero attached hydrogens (tertiary/aromatic N) is 4. The Morgan fingerprint density at radius 3 is 2.23 bits per heavy atom. The molecule has 9 nitrogen and oxygen atoms in total. The molecule has 40 heavy (non-hydrogen) atoms. The molecular formula is C31H38N4O5. The summed E-state index contributed by atoms with van der Waals surface area (Å²) in [5.74, 6) is 2.76. The van der Waals surface area contributed by atoms with Crippen LogP contribution in [0.5, 0.6) is 5.75 Å². The Hall–Kier alpha value is -3.98. The molecule has 2 aromatic heterocycles. The van der Waals surface area contributed by atoms with E-state index in [1.165, 1.54) is 5.56 Å². The van der Waals surface area contributed by atoms with E-state index in [1.807, 2.05) is 45.0 Å². The van der Waals surface area contributed by atoms with E-state index >= 15 is 0 Å². The smallest absolute Gasteiger partial charge is 0.349 e. The molecule has 0 bridgehead atoms. The lowest BCUT2D eigenvalue weighted by atomic mass is 10.0. The minimum atomic E-state index is -1.10. The highest BCUT2D eigenvalue weighted by atomic mass is 16.6. The summed E-state index contributed by atoms with van der Waals surface area (Å²) in [4.78, 5) is 23.8. The highest BCUT2D eigenvalue weighted by Crippen LogP contribution is 2.30. The normalized spacial score (nSPS) is 11.7. The summed E-state index contributed by atoms with van der Waals surface area (Å²) in [6, 6.07) is 12.3. The Labute approximate surface area is 235 Å². The highest BCUT2D eigenvalue weighted by molar-refractivity contribution is 5.79. The lowest BCUT2D eigenvalue weighted by Crippen LogP contribution is -2.40. The van der Waals surface area contributed by atoms with Crippen LogP contribution in [-0.4, -0.2) is 38.2 Å². The molecule has 0 unspecified atom stereocenters. The number of benzene rings is 2. The lowest BCUT2D eigenvalue weighted by Gasteiger charge is -2.27. The van der Waals surface area contributed by atoms with Crippen molar-refractivity contribution in [1.82, 2.24) is 20.0 Å². The van der Waals surface area contributed by atoms with Crippen molar-refractivity contribution in [2.45, 2.75) is 80.6 Å². The van der Waals surface area contributed by atoms with Crippen LogP contribution < -0.4 is 4.74 Å². The van der Waals surface area contributed by atoms with Crippen LogP contribution >= 0.6 is 0 Å². The second-order valence-electron chi connectivity index (χ2n) is 10.7. The first-order valence-corrected chi connectivity index (χ1v) is 13.5. The van der Waals surface area contributed by atoms with Gasteiger partial charge in [-0.05, 0) is 84.2 Å². The number of oxazole rings is 1. The molecule has 0 aliphatic carbocycles. The average molecular weight is 547 g/mol. The molecule has 0 saturated heterocycles. The van der Waals surface area contributed by atoms with E-state index in [0.29, 0.717) is 49.6 Å². The topological polar surface area (TPSA) is 104 Å². The Balaban J connectivity index is 1.58. The predicted molar refractivity (Wildman–Crippen MR) is 151 cm³/mol. The van der Waals surface area contributed by atoms with Crippen molar-refractivity contribution >= 4 is 5.97 Å². The highest BCUT2D eigenvalue weighted by Gasteiger charge is 2.32. The molecule has 2 heterocycles. The van der Waals surface area contributed by atoms with Crippen LogP contribution in [0.15, 0.2) is 45.3 Å². The summed E-state index contributed by atoms with van der Waals surface area (Å²) in [6.07, 6.45) is 0. The van der Waals surface area contributed by atoms with E-state index in [0.717, 1.165) is 33.7 Å². The average Bonchev–Trinajstić information content (AvgIpc) is 3.46. The van der Waals surface area contributed by atoms with Crippen LogP contribution in [0.3, 0.4) is 0 Å². The minimum Gasteiger partial charge on any atom is -0.476 e. The van der Waals surface area contributed by atoms with Gasteiger partial charge in [0.25, 0.3) is 0 Å². The molecule has 0 spiro atoms. The number of carbonyl (C=O) groups is 1. The Bertz CT molecular complexity index is 1450. The number of rotatable bonds is 11. The van der Waals surface area contributed by atoms with Gasteiger partial charge in [0.05, 0.1) is 18.8 Å². The first kappa shape index (κ1) is 29.0. The molecule has 9 heteroatoms. The van der Waals surface area contributed by atoms with E-state index in [1.54, 1.807) is 27.7 Å². The van der Waals surface area contributed by atoms with Gasteiger partial charge in [0.1, 0.15) is 11.5 Å². The van der Waals surface area contributed by atoms with Crippen molar-refractivity contribution in [1.29, 1.82) is 0 Å². The Morgan fingerprint density at radius 1 is 0.950 bits per heavy atom. The van der Waals surface area contributed by atoms with Crippen LogP contribution in [-0.2, 0) is 29.2 Å². The second kappa shape index (κ2) is 12.0. The molecule has 4 rings (SSSR count). The lowest BCUT2D eigenvalue weighted by molar-refractivity contribution is -0.158. The van der Waals surface area contributed by atoms with Gasteiger partial charge in [-0.2, -0.15) is 4.98 Å². The number of esters is 1. The molecule has 0 fully saturated rings. The van der Waals surface area contributed by atoms with Crippen LogP contribution in [0.25, 0.3) is 11.5 Å². The summed E-state index contributed by atoms with van der Waals surface area (Å²) in [6.45, 7) is 16.8. The van der Waals surface area contributed by atoms with Crippen LogP contribution in [0.4, 0.5) is 0 Å². The van der Waals surface area contributed by atoms with Crippen LogP contribution in [0.1, 0.15) is 66.2 Å². The van der Waals surface area contributed by atoms with E-state index in [2.05, 4.69) is 34.1 Å². The van der Waals surface area contributed by atoms with Crippen molar-refractivity contribution in [3.8, 4) is 17.2 Å². The second-order valence-corrected chi connectivity index (χ2v) is 10.7. The van der Waals surface area contributed by atoms with Gasteiger partial charge in [-0.25, -0.2) is 9.78 Å².